The van der Waals surface area contributed by atoms with E-state index in [2.05, 4.69) is 52.7 Å². The summed E-state index contributed by atoms with van der Waals surface area (Å²) >= 11 is 0. The summed E-state index contributed by atoms with van der Waals surface area (Å²) in [5.41, 5.74) is 6.03. The van der Waals surface area contributed by atoms with Crippen LogP contribution in [0.3, 0.4) is 0 Å². The molecule has 0 aliphatic carbocycles. The molecular weight excluding hydrogens is 780 g/mol. The monoisotopic (exact) mass is 834 g/mol. The lowest BCUT2D eigenvalue weighted by atomic mass is 9.83. The van der Waals surface area contributed by atoms with Gasteiger partial charge in [-0.2, -0.15) is 0 Å². The van der Waals surface area contributed by atoms with E-state index in [4.69, 9.17) is 0 Å². The number of carbonyl (C=O) groups is 3. The lowest BCUT2D eigenvalue weighted by Gasteiger charge is -2.27. The van der Waals surface area contributed by atoms with Crippen LogP contribution in [0, 0.1) is 0 Å². The Labute approximate surface area is 346 Å². The fourth-order valence-corrected chi connectivity index (χ4v) is 6.99. The fraction of sp³-hybridized carbons (Fsp3) is 0.357. The number of carbonyl (C=O) groups excluding carboxylic acids is 3. The Morgan fingerprint density at radius 2 is 0.617 bits per heavy atom. The quantitative estimate of drug-likeness (QED) is 0.0423. The molecule has 60 heavy (non-hydrogen) atoms. The van der Waals surface area contributed by atoms with Gasteiger partial charge in [-0.05, 0) is 89.0 Å². The fourth-order valence-electron chi connectivity index (χ4n) is 6.99. The molecule has 0 spiro atoms. The van der Waals surface area contributed by atoms with Gasteiger partial charge in [0.15, 0.2) is 34.5 Å². The minimum Gasteiger partial charge on any atom is -0.504 e. The van der Waals surface area contributed by atoms with E-state index >= 15 is 0 Å². The van der Waals surface area contributed by atoms with Crippen LogP contribution < -0.4 is 31.9 Å². The summed E-state index contributed by atoms with van der Waals surface area (Å²) in [7, 11) is 0. The van der Waals surface area contributed by atoms with Crippen molar-refractivity contribution in [3.63, 3.8) is 0 Å². The van der Waals surface area contributed by atoms with E-state index in [1.165, 1.54) is 18.2 Å². The van der Waals surface area contributed by atoms with Gasteiger partial charge in [-0.1, -0.05) is 20.8 Å². The number of nitrogens with one attached hydrogen (secondary N) is 6. The first-order valence-corrected chi connectivity index (χ1v) is 19.5. The third kappa shape index (κ3) is 10.7. The molecule has 15 N–H and O–H groups in total. The van der Waals surface area contributed by atoms with Gasteiger partial charge in [-0.15, -0.1) is 0 Å². The van der Waals surface area contributed by atoms with Crippen LogP contribution >= 0.6 is 0 Å². The molecule has 0 unspecified atom stereocenters. The molecule has 0 bridgehead atoms. The molecule has 0 aromatic heterocycles. The van der Waals surface area contributed by atoms with Crippen LogP contribution in [0.4, 0.5) is 0 Å². The second-order valence-corrected chi connectivity index (χ2v) is 13.7. The van der Waals surface area contributed by atoms with Crippen molar-refractivity contribution in [3.8, 4) is 51.7 Å². The Balaban J connectivity index is 1.49. The number of hydrogen-bond acceptors (Lipinski definition) is 15. The molecule has 0 atom stereocenters. The van der Waals surface area contributed by atoms with Crippen molar-refractivity contribution in [2.45, 2.75) is 59.7 Å². The van der Waals surface area contributed by atoms with E-state index < -0.39 is 69.5 Å². The van der Waals surface area contributed by atoms with Gasteiger partial charge < -0.3 is 77.9 Å². The zero-order valence-electron chi connectivity index (χ0n) is 33.7. The van der Waals surface area contributed by atoms with Crippen molar-refractivity contribution < 1.29 is 60.3 Å². The molecule has 0 heterocycles. The number of benzene rings is 4. The van der Waals surface area contributed by atoms with Crippen molar-refractivity contribution in [2.75, 3.05) is 39.3 Å². The number of rotatable bonds is 21. The van der Waals surface area contributed by atoms with Gasteiger partial charge in [0.25, 0.3) is 17.7 Å². The van der Waals surface area contributed by atoms with E-state index in [1.807, 2.05) is 0 Å². The Bertz CT molecular complexity index is 1930. The summed E-state index contributed by atoms with van der Waals surface area (Å²) in [6.07, 6.45) is 2.07. The Morgan fingerprint density at radius 1 is 0.367 bits per heavy atom. The molecular formula is C42H54N6O12. The first kappa shape index (κ1) is 46.1. The zero-order valence-corrected chi connectivity index (χ0v) is 33.7. The van der Waals surface area contributed by atoms with Crippen molar-refractivity contribution >= 4 is 17.7 Å². The minimum absolute atomic E-state index is 0.180. The first-order valence-electron chi connectivity index (χ1n) is 19.5. The summed E-state index contributed by atoms with van der Waals surface area (Å²) in [5, 5.41) is 107. The molecule has 0 saturated heterocycles. The van der Waals surface area contributed by atoms with Crippen LogP contribution in [0.5, 0.6) is 51.7 Å². The van der Waals surface area contributed by atoms with Crippen LogP contribution in [-0.2, 0) is 38.9 Å². The predicted molar refractivity (Wildman–Crippen MR) is 221 cm³/mol. The molecule has 0 aliphatic rings. The van der Waals surface area contributed by atoms with Crippen LogP contribution in [0.1, 0.15) is 85.2 Å². The number of hydrogen-bond donors (Lipinski definition) is 15. The molecule has 4 aromatic rings. The van der Waals surface area contributed by atoms with Crippen molar-refractivity contribution in [1.29, 1.82) is 0 Å². The summed E-state index contributed by atoms with van der Waals surface area (Å²) in [4.78, 5) is 38.1. The number of phenolic OH excluding ortho intramolecular Hbond substituents is 9. The Kier molecular flexibility index (Phi) is 16.4. The summed E-state index contributed by atoms with van der Waals surface area (Å²) < 4.78 is 0. The molecule has 0 saturated carbocycles. The van der Waals surface area contributed by atoms with Crippen molar-refractivity contribution in [2.24, 2.45) is 0 Å². The third-order valence-electron chi connectivity index (χ3n) is 10.0. The van der Waals surface area contributed by atoms with Crippen LogP contribution in [0.15, 0.2) is 36.4 Å². The molecule has 4 aromatic carbocycles. The highest BCUT2D eigenvalue weighted by atomic mass is 16.3. The number of phenols is 9. The summed E-state index contributed by atoms with van der Waals surface area (Å²) in [5.74, 6) is -8.09. The number of aromatic hydroxyl groups is 9. The minimum atomic E-state index is -0.786. The molecule has 18 nitrogen and oxygen atoms in total. The molecule has 0 aliphatic heterocycles. The van der Waals surface area contributed by atoms with Gasteiger partial charge >= 0.3 is 0 Å². The first-order chi connectivity index (χ1) is 28.7. The van der Waals surface area contributed by atoms with E-state index in [0.29, 0.717) is 58.5 Å². The molecule has 324 valence electrons. The van der Waals surface area contributed by atoms with Crippen molar-refractivity contribution in [1.82, 2.24) is 31.9 Å². The Hall–Kier alpha value is -6.63. The van der Waals surface area contributed by atoms with E-state index in [0.717, 1.165) is 51.6 Å². The topological polar surface area (TPSA) is 305 Å². The van der Waals surface area contributed by atoms with E-state index in [9.17, 15) is 60.3 Å². The van der Waals surface area contributed by atoms with E-state index in [-0.39, 0.29) is 36.3 Å². The lowest BCUT2D eigenvalue weighted by molar-refractivity contribution is 0.0942. The van der Waals surface area contributed by atoms with Gasteiger partial charge in [-0.3, -0.25) is 14.4 Å². The Morgan fingerprint density at radius 3 is 0.850 bits per heavy atom. The maximum absolute atomic E-state index is 12.7. The van der Waals surface area contributed by atoms with Gasteiger partial charge in [0.05, 0.1) is 16.7 Å². The van der Waals surface area contributed by atoms with Crippen molar-refractivity contribution in [3.05, 3.63) is 86.5 Å². The SMILES string of the molecule is CCc1c(CNCCNC(=O)c2ccc(O)c(O)c2O)c(CC)c(CNCCNC(=O)c2ccc(O)c(O)c2O)c(CC)c1CNCCNC(=O)c1ccc(O)c(O)c1O. The molecule has 0 fully saturated rings. The average molecular weight is 835 g/mol. The summed E-state index contributed by atoms with van der Waals surface area (Å²) in [6.45, 7) is 9.09. The van der Waals surface area contributed by atoms with Crippen LogP contribution in [-0.4, -0.2) is 103 Å². The molecule has 3 amide bonds. The largest absolute Gasteiger partial charge is 0.504 e. The standard InChI is InChI=1S/C42H54N6O12/c1-4-22-28(19-43-13-16-46-40(58)25-7-10-31(49)37(55)34(25)52)23(5-2)30(21-45-15-18-48-42(60)27-9-12-33(51)39(57)36(27)54)24(6-3)29(22)20-44-14-17-47-41(59)26-8-11-32(50)38(56)35(26)53/h7-12,43-45,49-57H,4-6,13-21H2,1-3H3,(H,46,58)(H,47,59)(H,48,60). The normalized spacial score (nSPS) is 11.1. The van der Waals surface area contributed by atoms with Gasteiger partial charge in [0.1, 0.15) is 0 Å². The molecule has 18 heteroatoms. The molecule has 4 rings (SSSR count). The maximum atomic E-state index is 12.7. The smallest absolute Gasteiger partial charge is 0.255 e. The van der Waals surface area contributed by atoms with Crippen LogP contribution in [0.2, 0.25) is 0 Å². The second kappa shape index (κ2) is 21.4. The molecule has 0 radical (unpaired) electrons. The highest BCUT2D eigenvalue weighted by Crippen LogP contribution is 2.39. The highest BCUT2D eigenvalue weighted by molar-refractivity contribution is 5.99. The van der Waals surface area contributed by atoms with Gasteiger partial charge in [0.2, 0.25) is 17.2 Å². The zero-order chi connectivity index (χ0) is 44.1. The maximum Gasteiger partial charge on any atom is 0.255 e. The van der Waals surface area contributed by atoms with Gasteiger partial charge in [0, 0.05) is 58.9 Å². The average Bonchev–Trinajstić information content (AvgIpc) is 3.23. The predicted octanol–water partition coefficient (Wildman–Crippen LogP) is 2.28. The highest BCUT2D eigenvalue weighted by Gasteiger charge is 2.23. The van der Waals surface area contributed by atoms with Gasteiger partial charge in [-0.25, -0.2) is 0 Å². The summed E-state index contributed by atoms with van der Waals surface area (Å²) in [6, 6.07) is 6.94. The number of amides is 3. The lowest BCUT2D eigenvalue weighted by Crippen LogP contribution is -2.34. The van der Waals surface area contributed by atoms with Crippen LogP contribution in [0.25, 0.3) is 0 Å². The van der Waals surface area contributed by atoms with E-state index in [1.54, 1.807) is 0 Å². The third-order valence-corrected chi connectivity index (χ3v) is 10.0. The second-order valence-electron chi connectivity index (χ2n) is 13.7.